The summed E-state index contributed by atoms with van der Waals surface area (Å²) in [6.07, 6.45) is 0.00708. The van der Waals surface area contributed by atoms with Gasteiger partial charge >= 0.3 is 5.97 Å². The van der Waals surface area contributed by atoms with Crippen LogP contribution in [-0.4, -0.2) is 23.2 Å². The standard InChI is InChI=1S/C4H6O3S/c5-4(6)1-2-7-3-8/h3H,1-2H2,(H,5,6). The highest BCUT2D eigenvalue weighted by atomic mass is 32.1. The van der Waals surface area contributed by atoms with E-state index in [-0.39, 0.29) is 13.0 Å². The second-order valence-corrected chi connectivity index (χ2v) is 1.30. The molecule has 0 aliphatic rings. The Bertz CT molecular complexity index is 91.3. The molecule has 0 unspecified atom stereocenters. The lowest BCUT2D eigenvalue weighted by Crippen LogP contribution is -2.00. The molecule has 0 bridgehead atoms. The van der Waals surface area contributed by atoms with Crippen molar-refractivity contribution >= 4 is 23.7 Å². The van der Waals surface area contributed by atoms with E-state index in [1.165, 1.54) is 0 Å². The van der Waals surface area contributed by atoms with Crippen molar-refractivity contribution in [1.82, 2.24) is 0 Å². The van der Waals surface area contributed by atoms with Gasteiger partial charge < -0.3 is 9.84 Å². The fourth-order valence-electron chi connectivity index (χ4n) is 0.194. The topological polar surface area (TPSA) is 46.5 Å². The number of ether oxygens (including phenoxy) is 1. The second-order valence-electron chi connectivity index (χ2n) is 1.11. The average molecular weight is 134 g/mol. The van der Waals surface area contributed by atoms with Crippen molar-refractivity contribution in [3.8, 4) is 0 Å². The first-order valence-electron chi connectivity index (χ1n) is 2.04. The van der Waals surface area contributed by atoms with Gasteiger partial charge in [-0.3, -0.25) is 4.79 Å². The Morgan fingerprint density at radius 2 is 2.50 bits per heavy atom. The Labute approximate surface area is 52.3 Å². The zero-order valence-electron chi connectivity index (χ0n) is 4.16. The normalized spacial score (nSPS) is 8.00. The van der Waals surface area contributed by atoms with Gasteiger partial charge in [-0.15, -0.1) is 0 Å². The quantitative estimate of drug-likeness (QED) is 0.447. The van der Waals surface area contributed by atoms with Gasteiger partial charge in [0.15, 0.2) is 0 Å². The minimum Gasteiger partial charge on any atom is -0.489 e. The molecule has 46 valence electrons. The molecule has 0 saturated heterocycles. The van der Waals surface area contributed by atoms with Gasteiger partial charge in [0.05, 0.1) is 13.0 Å². The molecule has 0 aromatic heterocycles. The van der Waals surface area contributed by atoms with E-state index in [1.54, 1.807) is 0 Å². The highest BCUT2D eigenvalue weighted by Crippen LogP contribution is 1.78. The van der Waals surface area contributed by atoms with Crippen LogP contribution in [0.4, 0.5) is 0 Å². The van der Waals surface area contributed by atoms with Gasteiger partial charge in [0, 0.05) is 0 Å². The van der Waals surface area contributed by atoms with Gasteiger partial charge in [0.25, 0.3) is 0 Å². The zero-order chi connectivity index (χ0) is 6.41. The lowest BCUT2D eigenvalue weighted by atomic mass is 10.5. The van der Waals surface area contributed by atoms with E-state index in [9.17, 15) is 4.79 Å². The van der Waals surface area contributed by atoms with Gasteiger partial charge in [-0.25, -0.2) is 0 Å². The smallest absolute Gasteiger partial charge is 0.306 e. The minimum absolute atomic E-state index is 0.00708. The minimum atomic E-state index is -0.873. The molecule has 0 aliphatic heterocycles. The van der Waals surface area contributed by atoms with E-state index < -0.39 is 5.97 Å². The summed E-state index contributed by atoms with van der Waals surface area (Å²) in [5.41, 5.74) is 1.06. The van der Waals surface area contributed by atoms with E-state index in [0.29, 0.717) is 0 Å². The Kier molecular flexibility index (Phi) is 4.16. The van der Waals surface area contributed by atoms with Gasteiger partial charge in [-0.1, -0.05) is 0 Å². The maximum atomic E-state index is 9.75. The number of carboxylic acids is 1. The maximum Gasteiger partial charge on any atom is 0.306 e. The average Bonchev–Trinajstić information content (AvgIpc) is 1.66. The molecule has 1 N–H and O–H groups in total. The molecule has 0 aliphatic carbocycles. The Morgan fingerprint density at radius 1 is 1.88 bits per heavy atom. The summed E-state index contributed by atoms with van der Waals surface area (Å²) in [7, 11) is 0. The molecule has 8 heavy (non-hydrogen) atoms. The summed E-state index contributed by atoms with van der Waals surface area (Å²) in [6, 6.07) is 0. The van der Waals surface area contributed by atoms with Crippen molar-refractivity contribution in [2.75, 3.05) is 6.61 Å². The van der Waals surface area contributed by atoms with E-state index in [0.717, 1.165) is 5.55 Å². The largest absolute Gasteiger partial charge is 0.489 e. The van der Waals surface area contributed by atoms with Gasteiger partial charge in [-0.2, -0.15) is 0 Å². The fraction of sp³-hybridized carbons (Fsp3) is 0.500. The monoisotopic (exact) mass is 134 g/mol. The lowest BCUT2D eigenvalue weighted by Gasteiger charge is -1.91. The number of hydrogen-bond acceptors (Lipinski definition) is 3. The highest BCUT2D eigenvalue weighted by Gasteiger charge is 1.92. The number of aliphatic carboxylic acids is 1. The molecule has 0 rings (SSSR count). The molecular formula is C4H6O3S. The van der Waals surface area contributed by atoms with E-state index >= 15 is 0 Å². The first-order chi connectivity index (χ1) is 3.77. The lowest BCUT2D eigenvalue weighted by molar-refractivity contribution is -0.137. The van der Waals surface area contributed by atoms with Crippen LogP contribution in [0.5, 0.6) is 0 Å². The van der Waals surface area contributed by atoms with E-state index in [2.05, 4.69) is 17.0 Å². The SMILES string of the molecule is O=C(O)CCOC=S. The van der Waals surface area contributed by atoms with Crippen molar-refractivity contribution in [3.63, 3.8) is 0 Å². The molecule has 0 saturated carbocycles. The predicted octanol–water partition coefficient (Wildman–Crippen LogP) is 0.435. The molecule has 0 aromatic rings. The molecule has 0 radical (unpaired) electrons. The summed E-state index contributed by atoms with van der Waals surface area (Å²) < 4.78 is 4.45. The Balaban J connectivity index is 2.93. The number of hydrogen-bond donors (Lipinski definition) is 1. The van der Waals surface area contributed by atoms with Crippen LogP contribution in [-0.2, 0) is 9.53 Å². The fourth-order valence-corrected chi connectivity index (χ4v) is 0.291. The number of thiocarbonyl (C=S) groups is 1. The third-order valence-corrected chi connectivity index (χ3v) is 0.638. The number of carboxylic acid groups (broad SMARTS) is 1. The van der Waals surface area contributed by atoms with Gasteiger partial charge in [0.1, 0.15) is 5.55 Å². The Hall–Kier alpha value is -0.640. The van der Waals surface area contributed by atoms with Crippen LogP contribution in [0.1, 0.15) is 6.42 Å². The summed E-state index contributed by atoms with van der Waals surface area (Å²) in [5.74, 6) is -0.873. The zero-order valence-corrected chi connectivity index (χ0v) is 4.98. The van der Waals surface area contributed by atoms with Crippen molar-refractivity contribution in [3.05, 3.63) is 0 Å². The highest BCUT2D eigenvalue weighted by molar-refractivity contribution is 7.78. The molecule has 0 spiro atoms. The van der Waals surface area contributed by atoms with Crippen molar-refractivity contribution in [2.45, 2.75) is 6.42 Å². The molecule has 0 aromatic carbocycles. The summed E-state index contributed by atoms with van der Waals surface area (Å²) >= 11 is 4.26. The van der Waals surface area contributed by atoms with Gasteiger partial charge in [-0.05, 0) is 12.2 Å². The predicted molar refractivity (Wildman–Crippen MR) is 31.9 cm³/mol. The van der Waals surface area contributed by atoms with Gasteiger partial charge in [0.2, 0.25) is 0 Å². The van der Waals surface area contributed by atoms with E-state index in [1.807, 2.05) is 0 Å². The van der Waals surface area contributed by atoms with Crippen LogP contribution in [0.3, 0.4) is 0 Å². The van der Waals surface area contributed by atoms with E-state index in [4.69, 9.17) is 5.11 Å². The van der Waals surface area contributed by atoms with Crippen LogP contribution < -0.4 is 0 Å². The molecular weight excluding hydrogens is 128 g/mol. The van der Waals surface area contributed by atoms with Crippen LogP contribution in [0, 0.1) is 0 Å². The first kappa shape index (κ1) is 7.36. The molecule has 4 heteroatoms. The number of carbonyl (C=O) groups is 1. The number of rotatable bonds is 4. The third-order valence-electron chi connectivity index (χ3n) is 0.502. The van der Waals surface area contributed by atoms with Crippen molar-refractivity contribution in [1.29, 1.82) is 0 Å². The van der Waals surface area contributed by atoms with Crippen molar-refractivity contribution < 1.29 is 14.6 Å². The third kappa shape index (κ3) is 5.36. The molecule has 3 nitrogen and oxygen atoms in total. The van der Waals surface area contributed by atoms with Crippen molar-refractivity contribution in [2.24, 2.45) is 0 Å². The van der Waals surface area contributed by atoms with Crippen LogP contribution in [0.2, 0.25) is 0 Å². The van der Waals surface area contributed by atoms with Crippen LogP contribution >= 0.6 is 12.2 Å². The molecule has 0 atom stereocenters. The molecule has 0 heterocycles. The summed E-state index contributed by atoms with van der Waals surface area (Å²) in [5, 5.41) is 8.01. The molecule has 0 fully saturated rings. The first-order valence-corrected chi connectivity index (χ1v) is 2.51. The Morgan fingerprint density at radius 3 is 2.88 bits per heavy atom. The summed E-state index contributed by atoms with van der Waals surface area (Å²) in [4.78, 5) is 9.75. The summed E-state index contributed by atoms with van der Waals surface area (Å²) in [6.45, 7) is 0.166. The maximum absolute atomic E-state index is 9.75. The molecule has 0 amide bonds. The second kappa shape index (κ2) is 4.52. The van der Waals surface area contributed by atoms with Crippen LogP contribution in [0.15, 0.2) is 0 Å². The van der Waals surface area contributed by atoms with Crippen LogP contribution in [0.25, 0.3) is 0 Å².